The molecule has 4 amide bonds. The molecule has 0 bridgehead atoms. The molecule has 3 saturated carbocycles. The highest BCUT2D eigenvalue weighted by molar-refractivity contribution is 7.91. The predicted molar refractivity (Wildman–Crippen MR) is 199 cm³/mol. The van der Waals surface area contributed by atoms with Gasteiger partial charge in [0.1, 0.15) is 41.0 Å². The summed E-state index contributed by atoms with van der Waals surface area (Å²) in [7, 11) is -4.01. The molecule has 1 saturated heterocycles. The molecule has 3 aliphatic carbocycles. The van der Waals surface area contributed by atoms with Gasteiger partial charge in [-0.05, 0) is 76.8 Å². The molecule has 2 aromatic heterocycles. The van der Waals surface area contributed by atoms with E-state index in [0.29, 0.717) is 49.1 Å². The largest absolute Gasteiger partial charge is 0.471 e. The average molecular weight is 792 g/mol. The molecule has 5 aliphatic rings. The number of carbonyl (C=O) groups is 4. The first kappa shape index (κ1) is 38.0. The molecule has 8 rings (SSSR count). The Labute approximate surface area is 323 Å². The van der Waals surface area contributed by atoms with E-state index in [1.54, 1.807) is 13.0 Å². The van der Waals surface area contributed by atoms with Crippen LogP contribution in [0.25, 0.3) is 11.0 Å². The van der Waals surface area contributed by atoms with E-state index >= 15 is 0 Å². The number of hydrogen-bond acceptors (Lipinski definition) is 11. The Morgan fingerprint density at radius 1 is 1.09 bits per heavy atom. The van der Waals surface area contributed by atoms with E-state index in [0.717, 1.165) is 25.7 Å². The minimum atomic E-state index is -4.01. The van der Waals surface area contributed by atoms with Crippen molar-refractivity contribution in [1.82, 2.24) is 35.4 Å². The molecule has 56 heavy (non-hydrogen) atoms. The van der Waals surface area contributed by atoms with E-state index in [9.17, 15) is 32.0 Å². The van der Waals surface area contributed by atoms with E-state index < -0.39 is 73.9 Å². The van der Waals surface area contributed by atoms with E-state index in [1.807, 2.05) is 19.1 Å². The minimum absolute atomic E-state index is 0.0210. The maximum Gasteiger partial charge on any atom is 0.274 e. The van der Waals surface area contributed by atoms with Crippen LogP contribution in [0.5, 0.6) is 5.88 Å². The van der Waals surface area contributed by atoms with Crippen molar-refractivity contribution in [3.05, 3.63) is 59.4 Å². The average Bonchev–Trinajstić information content (AvgIpc) is 4.13. The topological polar surface area (TPSA) is 203 Å². The summed E-state index contributed by atoms with van der Waals surface area (Å²) < 4.78 is 53.4. The Morgan fingerprint density at radius 3 is 2.64 bits per heavy atom. The lowest BCUT2D eigenvalue weighted by atomic mass is 10.0. The van der Waals surface area contributed by atoms with Gasteiger partial charge in [-0.3, -0.25) is 23.9 Å². The minimum Gasteiger partial charge on any atom is -0.471 e. The van der Waals surface area contributed by atoms with Gasteiger partial charge in [-0.1, -0.05) is 37.1 Å². The van der Waals surface area contributed by atoms with Gasteiger partial charge in [0.25, 0.3) is 11.8 Å². The lowest BCUT2D eigenvalue weighted by molar-refractivity contribution is -0.141. The second-order valence-corrected chi connectivity index (χ2v) is 18.3. The Kier molecular flexibility index (Phi) is 9.86. The highest BCUT2D eigenvalue weighted by Gasteiger charge is 2.63. The van der Waals surface area contributed by atoms with Crippen LogP contribution in [-0.2, 0) is 30.8 Å². The number of benzene rings is 1. The number of carbonyl (C=O) groups excluding carboxylic acids is 4. The number of amides is 4. The number of allylic oxidation sites excluding steroid dienone is 1. The van der Waals surface area contributed by atoms with Gasteiger partial charge < -0.3 is 24.8 Å². The molecule has 0 unspecified atom stereocenters. The van der Waals surface area contributed by atoms with Crippen LogP contribution < -0.4 is 20.1 Å². The molecule has 3 aromatic rings. The summed E-state index contributed by atoms with van der Waals surface area (Å²) in [6, 6.07) is 3.45. The number of fused-ring (bicyclic) bond motifs is 3. The van der Waals surface area contributed by atoms with Crippen molar-refractivity contribution in [3.63, 3.8) is 0 Å². The van der Waals surface area contributed by atoms with Crippen molar-refractivity contribution in [2.75, 3.05) is 6.54 Å². The molecule has 4 heterocycles. The summed E-state index contributed by atoms with van der Waals surface area (Å²) >= 11 is 0. The van der Waals surface area contributed by atoms with Crippen molar-refractivity contribution in [3.8, 4) is 5.88 Å². The maximum atomic E-state index is 14.6. The van der Waals surface area contributed by atoms with Crippen LogP contribution in [0.4, 0.5) is 4.39 Å². The van der Waals surface area contributed by atoms with Gasteiger partial charge in [0.2, 0.25) is 27.7 Å². The molecule has 17 heteroatoms. The number of hydrogen-bond donors (Lipinski definition) is 3. The lowest BCUT2D eigenvalue weighted by Gasteiger charge is -2.30. The fraction of sp³-hybridized carbons (Fsp3) is 0.564. The summed E-state index contributed by atoms with van der Waals surface area (Å²) in [5, 5.41) is 9.66. The van der Waals surface area contributed by atoms with Crippen molar-refractivity contribution in [2.24, 2.45) is 5.92 Å². The van der Waals surface area contributed by atoms with Crippen molar-refractivity contribution >= 4 is 44.7 Å². The number of ether oxygens (including phenoxy) is 1. The molecule has 0 spiro atoms. The molecular formula is C39H46FN7O8S. The van der Waals surface area contributed by atoms with Crippen LogP contribution >= 0.6 is 0 Å². The van der Waals surface area contributed by atoms with Crippen LogP contribution in [0.15, 0.2) is 40.9 Å². The van der Waals surface area contributed by atoms with E-state index in [4.69, 9.17) is 9.26 Å². The first-order valence-electron chi connectivity index (χ1n) is 19.6. The molecule has 2 aliphatic heterocycles. The zero-order chi connectivity index (χ0) is 39.4. The van der Waals surface area contributed by atoms with E-state index in [2.05, 4.69) is 30.5 Å². The monoisotopic (exact) mass is 791 g/mol. The third-order valence-corrected chi connectivity index (χ3v) is 14.0. The second-order valence-electron chi connectivity index (χ2n) is 16.1. The molecule has 0 radical (unpaired) electrons. The number of sulfonamides is 1. The Bertz CT molecular complexity index is 2220. The summed E-state index contributed by atoms with van der Waals surface area (Å²) in [4.78, 5) is 67.0. The van der Waals surface area contributed by atoms with Gasteiger partial charge in [-0.15, -0.1) is 0 Å². The number of aromatic nitrogens is 3. The highest BCUT2D eigenvalue weighted by atomic mass is 32.2. The predicted octanol–water partition coefficient (Wildman–Crippen LogP) is 3.74. The molecule has 298 valence electrons. The number of aryl methyl sites for hydroxylation is 1. The number of rotatable bonds is 9. The van der Waals surface area contributed by atoms with Gasteiger partial charge in [-0.25, -0.2) is 22.8 Å². The third-order valence-electron chi connectivity index (χ3n) is 11.8. The maximum absolute atomic E-state index is 14.6. The van der Waals surface area contributed by atoms with Gasteiger partial charge in [0.15, 0.2) is 5.69 Å². The summed E-state index contributed by atoms with van der Waals surface area (Å²) in [6.45, 7) is 3.36. The third kappa shape index (κ3) is 7.49. The van der Waals surface area contributed by atoms with Crippen molar-refractivity contribution in [1.29, 1.82) is 0 Å². The van der Waals surface area contributed by atoms with Gasteiger partial charge in [0.05, 0.1) is 22.3 Å². The number of nitrogens with one attached hydrogen (secondary N) is 3. The molecule has 4 fully saturated rings. The molecule has 1 aromatic carbocycles. The molecule has 5 atom stereocenters. The first-order valence-corrected chi connectivity index (χ1v) is 21.0. The van der Waals surface area contributed by atoms with Crippen LogP contribution in [0.3, 0.4) is 0 Å². The van der Waals surface area contributed by atoms with E-state index in [-0.39, 0.29) is 48.8 Å². The Morgan fingerprint density at radius 2 is 1.89 bits per heavy atom. The summed E-state index contributed by atoms with van der Waals surface area (Å²) in [5.41, 5.74) is -0.244. The Balaban J connectivity index is 1.10. The normalized spacial score (nSPS) is 28.2. The highest BCUT2D eigenvalue weighted by Crippen LogP contribution is 2.47. The zero-order valence-corrected chi connectivity index (χ0v) is 32.2. The van der Waals surface area contributed by atoms with Crippen molar-refractivity contribution < 1.29 is 41.2 Å². The SMILES string of the molecule is CCc1nc2ccc(F)cc2nc1O[C@@H]1C[C@H]2C(=O)N[C@]3(C(=O)NS(=O)(=O)C4(C)CC4)C[C@H]3/C=C\CCCCC[C@H](NC(=O)c3cc(C4CC4)on3)C(=O)N2C1. The van der Waals surface area contributed by atoms with E-state index in [1.165, 1.54) is 23.1 Å². The Hall–Kier alpha value is -4.93. The zero-order valence-electron chi connectivity index (χ0n) is 31.4. The van der Waals surface area contributed by atoms with Gasteiger partial charge in [-0.2, -0.15) is 0 Å². The summed E-state index contributed by atoms with van der Waals surface area (Å²) in [6.07, 6.45) is 9.38. The fourth-order valence-corrected chi connectivity index (χ4v) is 8.98. The smallest absolute Gasteiger partial charge is 0.274 e. The number of halogens is 1. The molecule has 3 N–H and O–H groups in total. The van der Waals surface area contributed by atoms with Gasteiger partial charge in [0, 0.05) is 30.4 Å². The van der Waals surface area contributed by atoms with Crippen LogP contribution in [-0.4, -0.2) is 87.1 Å². The standard InChI is InChI=1S/C39H46FN7O8S/c1-3-26-35(43-29-17-24(40)13-14-27(29)41-26)54-25-18-31-34(49)44-39(37(51)46-56(52,53)38(2)15-16-38)20-23(39)9-7-5-4-6-8-10-28(36(50)47(31)21-25)42-33(48)30-19-32(55-45-30)22-11-12-22/h7,9,13-14,17,19,22-23,25,28,31H,3-6,8,10-12,15-16,18,20-21H2,1-2H3,(H,42,48)(H,44,49)(H,46,51)/b9-7-/t23-,25-,28+,31+,39-/m1/s1. The quantitative estimate of drug-likeness (QED) is 0.267. The van der Waals surface area contributed by atoms with Crippen molar-refractivity contribution in [2.45, 2.75) is 125 Å². The van der Waals surface area contributed by atoms with Crippen LogP contribution in [0.1, 0.15) is 112 Å². The summed E-state index contributed by atoms with van der Waals surface area (Å²) in [5.74, 6) is -2.58. The van der Waals surface area contributed by atoms with Crippen LogP contribution in [0, 0.1) is 11.7 Å². The number of nitrogens with zero attached hydrogens (tertiary/aromatic N) is 4. The fourth-order valence-electron chi connectivity index (χ4n) is 7.67. The first-order chi connectivity index (χ1) is 26.8. The van der Waals surface area contributed by atoms with Crippen LogP contribution in [0.2, 0.25) is 0 Å². The van der Waals surface area contributed by atoms with Gasteiger partial charge >= 0.3 is 0 Å². The lowest BCUT2D eigenvalue weighted by Crippen LogP contribution is -2.58. The molecular weight excluding hydrogens is 746 g/mol. The molecule has 15 nitrogen and oxygen atoms in total. The second kappa shape index (κ2) is 14.5.